The molecular formula is C19H16BrCl2N5O. The van der Waals surface area contributed by atoms with Gasteiger partial charge in [-0.3, -0.25) is 0 Å². The minimum absolute atomic E-state index is 0.329. The number of aromatic nitrogens is 3. The molecular weight excluding hydrogens is 465 g/mol. The van der Waals surface area contributed by atoms with Crippen molar-refractivity contribution >= 4 is 56.8 Å². The first-order valence-electron chi connectivity index (χ1n) is 8.23. The van der Waals surface area contributed by atoms with Crippen molar-refractivity contribution in [2.45, 2.75) is 6.92 Å². The summed E-state index contributed by atoms with van der Waals surface area (Å²) in [6.45, 7) is 2.01. The number of halogens is 3. The third-order valence-electron chi connectivity index (χ3n) is 3.84. The van der Waals surface area contributed by atoms with E-state index in [1.54, 1.807) is 23.7 Å². The Hall–Kier alpha value is -2.35. The van der Waals surface area contributed by atoms with Crippen LogP contribution in [0.2, 0.25) is 0 Å². The van der Waals surface area contributed by atoms with Gasteiger partial charge >= 0.3 is 0 Å². The maximum atomic E-state index is 8.93. The molecule has 6 nitrogen and oxygen atoms in total. The number of nitrogens with zero attached hydrogens (tertiary/aromatic N) is 4. The van der Waals surface area contributed by atoms with Crippen molar-refractivity contribution < 1.29 is 5.21 Å². The third kappa shape index (κ3) is 4.73. The van der Waals surface area contributed by atoms with Crippen molar-refractivity contribution in [3.8, 4) is 11.3 Å². The molecule has 0 aliphatic rings. The molecule has 0 aliphatic carbocycles. The zero-order chi connectivity index (χ0) is 20.1. The zero-order valence-electron chi connectivity index (χ0n) is 14.8. The van der Waals surface area contributed by atoms with Crippen LogP contribution in [0, 0.1) is 0 Å². The van der Waals surface area contributed by atoms with E-state index in [0.29, 0.717) is 27.8 Å². The van der Waals surface area contributed by atoms with Gasteiger partial charge in [-0.05, 0) is 34.5 Å². The summed E-state index contributed by atoms with van der Waals surface area (Å²) in [4.78, 5) is 4.69. The quantitative estimate of drug-likeness (QED) is 0.206. The molecule has 0 spiro atoms. The number of oxime groups is 1. The summed E-state index contributed by atoms with van der Waals surface area (Å²) in [5, 5.41) is 20.5. The number of hydrogen-bond acceptors (Lipinski definition) is 5. The van der Waals surface area contributed by atoms with Crippen LogP contribution in [0.1, 0.15) is 6.92 Å². The van der Waals surface area contributed by atoms with Crippen molar-refractivity contribution in [1.82, 2.24) is 14.6 Å². The van der Waals surface area contributed by atoms with E-state index in [-0.39, 0.29) is 0 Å². The molecule has 0 aliphatic heterocycles. The van der Waals surface area contributed by atoms with E-state index >= 15 is 0 Å². The SMILES string of the molecule is C\C(Cl)=C(Cl)/C=C(\C=N\O)CNc1cc(-c2ccccc2)nc2c(Br)cnn12. The number of nitrogens with one attached hydrogen (secondary N) is 1. The summed E-state index contributed by atoms with van der Waals surface area (Å²) in [5.41, 5.74) is 3.09. The summed E-state index contributed by atoms with van der Waals surface area (Å²) in [6.07, 6.45) is 4.61. The largest absolute Gasteiger partial charge is 0.411 e. The highest BCUT2D eigenvalue weighted by atomic mass is 79.9. The van der Waals surface area contributed by atoms with Crippen LogP contribution in [0.3, 0.4) is 0 Å². The van der Waals surface area contributed by atoms with Crippen LogP contribution in [0.5, 0.6) is 0 Å². The van der Waals surface area contributed by atoms with Crippen molar-refractivity contribution in [1.29, 1.82) is 0 Å². The van der Waals surface area contributed by atoms with Gasteiger partial charge in [0.25, 0.3) is 0 Å². The van der Waals surface area contributed by atoms with Crippen LogP contribution in [-0.4, -0.2) is 32.6 Å². The number of hydrogen-bond donors (Lipinski definition) is 2. The second-order valence-electron chi connectivity index (χ2n) is 5.82. The molecule has 0 saturated heterocycles. The molecule has 2 heterocycles. The fraction of sp³-hybridized carbons (Fsp3) is 0.105. The van der Waals surface area contributed by atoms with E-state index in [2.05, 4.69) is 36.5 Å². The van der Waals surface area contributed by atoms with Gasteiger partial charge in [0, 0.05) is 23.2 Å². The normalized spacial score (nSPS) is 13.2. The molecule has 0 fully saturated rings. The highest BCUT2D eigenvalue weighted by Crippen LogP contribution is 2.26. The Balaban J connectivity index is 1.99. The lowest BCUT2D eigenvalue weighted by molar-refractivity contribution is 0.321. The van der Waals surface area contributed by atoms with Gasteiger partial charge in [0.2, 0.25) is 0 Å². The third-order valence-corrected chi connectivity index (χ3v) is 5.09. The second kappa shape index (κ2) is 9.23. The predicted molar refractivity (Wildman–Crippen MR) is 117 cm³/mol. The summed E-state index contributed by atoms with van der Waals surface area (Å²) in [6, 6.07) is 11.8. The first kappa shape index (κ1) is 20.4. The average molecular weight is 481 g/mol. The lowest BCUT2D eigenvalue weighted by Crippen LogP contribution is -2.11. The van der Waals surface area contributed by atoms with E-state index < -0.39 is 0 Å². The van der Waals surface area contributed by atoms with E-state index in [1.165, 1.54) is 6.21 Å². The molecule has 0 radical (unpaired) electrons. The minimum atomic E-state index is 0.329. The Kier molecular flexibility index (Phi) is 6.72. The van der Waals surface area contributed by atoms with Gasteiger partial charge in [-0.25, -0.2) is 4.98 Å². The van der Waals surface area contributed by atoms with Crippen molar-refractivity contribution in [2.75, 3.05) is 11.9 Å². The number of fused-ring (bicyclic) bond motifs is 1. The molecule has 0 amide bonds. The lowest BCUT2D eigenvalue weighted by Gasteiger charge is -2.11. The Morgan fingerprint density at radius 3 is 2.75 bits per heavy atom. The monoisotopic (exact) mass is 479 g/mol. The maximum absolute atomic E-state index is 8.93. The van der Waals surface area contributed by atoms with Crippen molar-refractivity contribution in [2.24, 2.45) is 5.16 Å². The number of anilines is 1. The molecule has 2 aromatic heterocycles. The Labute approximate surface area is 180 Å². The maximum Gasteiger partial charge on any atom is 0.172 e. The number of benzene rings is 1. The van der Waals surface area contributed by atoms with Gasteiger partial charge in [-0.1, -0.05) is 58.7 Å². The zero-order valence-corrected chi connectivity index (χ0v) is 17.9. The lowest BCUT2D eigenvalue weighted by atomic mass is 10.1. The molecule has 3 aromatic rings. The van der Waals surface area contributed by atoms with E-state index in [0.717, 1.165) is 21.5 Å². The summed E-state index contributed by atoms with van der Waals surface area (Å²) in [7, 11) is 0. The summed E-state index contributed by atoms with van der Waals surface area (Å²) in [5.74, 6) is 0.717. The molecule has 0 unspecified atom stereocenters. The first-order chi connectivity index (χ1) is 13.5. The van der Waals surface area contributed by atoms with Crippen LogP contribution in [-0.2, 0) is 0 Å². The van der Waals surface area contributed by atoms with Crippen LogP contribution in [0.25, 0.3) is 16.9 Å². The fourth-order valence-electron chi connectivity index (χ4n) is 2.48. The van der Waals surface area contributed by atoms with Crippen LogP contribution >= 0.6 is 39.1 Å². The molecule has 1 aromatic carbocycles. The molecule has 28 heavy (non-hydrogen) atoms. The van der Waals surface area contributed by atoms with Gasteiger partial charge in [-0.15, -0.1) is 0 Å². The number of allylic oxidation sites excluding steroid dienone is 3. The molecule has 9 heteroatoms. The Morgan fingerprint density at radius 2 is 2.07 bits per heavy atom. The van der Waals surface area contributed by atoms with Gasteiger partial charge in [0.1, 0.15) is 5.82 Å². The fourth-order valence-corrected chi connectivity index (χ4v) is 3.02. The first-order valence-corrected chi connectivity index (χ1v) is 9.78. The van der Waals surface area contributed by atoms with Crippen molar-refractivity contribution in [3.63, 3.8) is 0 Å². The van der Waals surface area contributed by atoms with E-state index in [9.17, 15) is 0 Å². The highest BCUT2D eigenvalue weighted by molar-refractivity contribution is 9.10. The Bertz CT molecular complexity index is 1070. The predicted octanol–water partition coefficient (Wildman–Crippen LogP) is 5.67. The van der Waals surface area contributed by atoms with Gasteiger partial charge < -0.3 is 10.5 Å². The smallest absolute Gasteiger partial charge is 0.172 e. The molecule has 0 bridgehead atoms. The standard InChI is InChI=1S/C19H16BrCl2N5O/c1-12(21)16(22)7-13(10-25-28)9-23-18-8-17(14-5-3-2-4-6-14)26-19-15(20)11-24-27(18)19/h2-8,10-11,23,28H,9H2,1H3/b13-7-,16-12-,25-10+. The van der Waals surface area contributed by atoms with Crippen LogP contribution in [0.4, 0.5) is 5.82 Å². The number of rotatable bonds is 6. The summed E-state index contributed by atoms with van der Waals surface area (Å²) >= 11 is 15.5. The average Bonchev–Trinajstić information content (AvgIpc) is 3.07. The minimum Gasteiger partial charge on any atom is -0.411 e. The second-order valence-corrected chi connectivity index (χ2v) is 7.65. The highest BCUT2D eigenvalue weighted by Gasteiger charge is 2.11. The van der Waals surface area contributed by atoms with E-state index in [1.807, 2.05) is 36.4 Å². The molecule has 0 saturated carbocycles. The van der Waals surface area contributed by atoms with Gasteiger partial charge in [-0.2, -0.15) is 9.61 Å². The topological polar surface area (TPSA) is 74.8 Å². The molecule has 2 N–H and O–H groups in total. The summed E-state index contributed by atoms with van der Waals surface area (Å²) < 4.78 is 2.47. The van der Waals surface area contributed by atoms with Crippen LogP contribution < -0.4 is 5.32 Å². The Morgan fingerprint density at radius 1 is 1.32 bits per heavy atom. The van der Waals surface area contributed by atoms with Crippen molar-refractivity contribution in [3.05, 3.63) is 68.8 Å². The van der Waals surface area contributed by atoms with Gasteiger partial charge in [0.05, 0.1) is 27.6 Å². The van der Waals surface area contributed by atoms with Gasteiger partial charge in [0.15, 0.2) is 5.65 Å². The van der Waals surface area contributed by atoms with Crippen LogP contribution in [0.15, 0.2) is 73.9 Å². The molecule has 144 valence electrons. The molecule has 0 atom stereocenters. The molecule has 3 rings (SSSR count). The van der Waals surface area contributed by atoms with E-state index in [4.69, 9.17) is 28.4 Å².